The van der Waals surface area contributed by atoms with Crippen LogP contribution in [0, 0.1) is 0 Å². The van der Waals surface area contributed by atoms with Gasteiger partial charge in [0.1, 0.15) is 0 Å². The van der Waals surface area contributed by atoms with Gasteiger partial charge in [-0.2, -0.15) is 10.3 Å². The minimum absolute atomic E-state index is 0.0801. The van der Waals surface area contributed by atoms with Crippen LogP contribution in [0.15, 0.2) is 18.5 Å². The molecule has 118 valence electrons. The van der Waals surface area contributed by atoms with Gasteiger partial charge in [-0.15, -0.1) is 10.2 Å². The van der Waals surface area contributed by atoms with Crippen molar-refractivity contribution < 1.29 is 0 Å². The largest absolute Gasteiger partial charge is 0.268 e. The second kappa shape index (κ2) is 4.97. The van der Waals surface area contributed by atoms with Crippen LogP contribution in [0.4, 0.5) is 0 Å². The first kappa shape index (κ1) is 14.0. The van der Waals surface area contributed by atoms with Gasteiger partial charge in [0.05, 0.1) is 11.3 Å². The third-order valence-electron chi connectivity index (χ3n) is 4.71. The van der Waals surface area contributed by atoms with Gasteiger partial charge in [0, 0.05) is 36.1 Å². The van der Waals surface area contributed by atoms with Gasteiger partial charge in [0.15, 0.2) is 0 Å². The number of hydrogen-bond acceptors (Lipinski definition) is 5. The number of aromatic nitrogens is 7. The van der Waals surface area contributed by atoms with Crippen molar-refractivity contribution in [1.82, 2.24) is 35.4 Å². The highest BCUT2D eigenvalue weighted by Gasteiger charge is 2.32. The molecule has 7 nitrogen and oxygen atoms in total. The van der Waals surface area contributed by atoms with E-state index in [-0.39, 0.29) is 5.41 Å². The molecule has 1 aliphatic carbocycles. The Morgan fingerprint density at radius 2 is 2.17 bits per heavy atom. The Kier molecular flexibility index (Phi) is 3.04. The molecule has 3 aromatic heterocycles. The number of aryl methyl sites for hydroxylation is 1. The fraction of sp³-hybridized carbons (Fsp3) is 0.438. The van der Waals surface area contributed by atoms with Crippen molar-refractivity contribution >= 4 is 0 Å². The summed E-state index contributed by atoms with van der Waals surface area (Å²) in [5.74, 6) is 0.569. The molecule has 0 spiro atoms. The molecule has 0 saturated heterocycles. The number of tetrazole rings is 1. The van der Waals surface area contributed by atoms with E-state index in [0.717, 1.165) is 36.1 Å². The van der Waals surface area contributed by atoms with Crippen LogP contribution in [0.25, 0.3) is 22.6 Å². The number of hydrogen-bond donors (Lipinski definition) is 1. The van der Waals surface area contributed by atoms with Gasteiger partial charge in [0.25, 0.3) is 0 Å². The zero-order valence-electron chi connectivity index (χ0n) is 13.5. The average molecular weight is 309 g/mol. The summed E-state index contributed by atoms with van der Waals surface area (Å²) in [6.45, 7) is 4.53. The summed E-state index contributed by atoms with van der Waals surface area (Å²) in [4.78, 5) is 4.78. The Bertz CT molecular complexity index is 845. The number of pyridine rings is 1. The van der Waals surface area contributed by atoms with Crippen molar-refractivity contribution in [3.8, 4) is 22.6 Å². The Morgan fingerprint density at radius 3 is 2.87 bits per heavy atom. The maximum Gasteiger partial charge on any atom is 0.206 e. The van der Waals surface area contributed by atoms with Crippen LogP contribution in [0.5, 0.6) is 0 Å². The van der Waals surface area contributed by atoms with E-state index >= 15 is 0 Å². The molecular weight excluding hydrogens is 290 g/mol. The average Bonchev–Trinajstić information content (AvgIpc) is 3.17. The molecule has 0 saturated carbocycles. The number of nitrogens with zero attached hydrogens (tertiary/aromatic N) is 6. The van der Waals surface area contributed by atoms with Gasteiger partial charge in [-0.05, 0) is 36.1 Å². The highest BCUT2D eigenvalue weighted by molar-refractivity contribution is 5.81. The van der Waals surface area contributed by atoms with E-state index in [1.807, 2.05) is 30.2 Å². The number of fused-ring (bicyclic) bond motifs is 1. The first-order valence-corrected chi connectivity index (χ1v) is 7.82. The van der Waals surface area contributed by atoms with Gasteiger partial charge >= 0.3 is 0 Å². The zero-order valence-corrected chi connectivity index (χ0v) is 13.5. The molecule has 1 aliphatic rings. The maximum atomic E-state index is 4.78. The lowest BCUT2D eigenvalue weighted by molar-refractivity contribution is 0.419. The van der Waals surface area contributed by atoms with Crippen LogP contribution in [0.2, 0.25) is 0 Å². The summed E-state index contributed by atoms with van der Waals surface area (Å²) in [7, 11) is 1.95. The molecule has 3 aromatic rings. The van der Waals surface area contributed by atoms with E-state index in [2.05, 4.69) is 39.6 Å². The molecule has 3 heterocycles. The van der Waals surface area contributed by atoms with Crippen LogP contribution in [0.3, 0.4) is 0 Å². The van der Waals surface area contributed by atoms with Crippen molar-refractivity contribution in [2.75, 3.05) is 0 Å². The van der Waals surface area contributed by atoms with E-state index in [1.165, 1.54) is 11.3 Å². The van der Waals surface area contributed by atoms with Crippen LogP contribution in [0.1, 0.15) is 37.9 Å². The zero-order chi connectivity index (χ0) is 16.0. The van der Waals surface area contributed by atoms with Crippen molar-refractivity contribution in [3.63, 3.8) is 0 Å². The molecule has 0 aromatic carbocycles. The first-order valence-electron chi connectivity index (χ1n) is 7.82. The topological polar surface area (TPSA) is 85.2 Å². The predicted octanol–water partition coefficient (Wildman–Crippen LogP) is 2.28. The van der Waals surface area contributed by atoms with Gasteiger partial charge in [-0.1, -0.05) is 13.8 Å². The lowest BCUT2D eigenvalue weighted by Crippen LogP contribution is -2.26. The van der Waals surface area contributed by atoms with Gasteiger partial charge in [-0.3, -0.25) is 9.67 Å². The standard InChI is InChI=1S/C16H19N7/c1-16(2)7-4-5-10-13(12-6-8-18-23(12)3)11(9-17-14(10)16)15-19-21-22-20-15/h6,8-9H,4-5,7H2,1-3H3,(H,19,20,21,22). The number of rotatable bonds is 2. The summed E-state index contributed by atoms with van der Waals surface area (Å²) in [5.41, 5.74) is 5.62. The highest BCUT2D eigenvalue weighted by Crippen LogP contribution is 2.42. The Hall–Kier alpha value is -2.57. The minimum atomic E-state index is 0.0801. The maximum absolute atomic E-state index is 4.78. The molecule has 1 N–H and O–H groups in total. The van der Waals surface area contributed by atoms with Gasteiger partial charge < -0.3 is 0 Å². The van der Waals surface area contributed by atoms with E-state index < -0.39 is 0 Å². The van der Waals surface area contributed by atoms with Crippen molar-refractivity contribution in [1.29, 1.82) is 0 Å². The van der Waals surface area contributed by atoms with Gasteiger partial charge in [0.2, 0.25) is 5.82 Å². The van der Waals surface area contributed by atoms with Crippen LogP contribution < -0.4 is 0 Å². The molecule has 0 amide bonds. The molecule has 0 aliphatic heterocycles. The summed E-state index contributed by atoms with van der Waals surface area (Å²) in [6, 6.07) is 2.03. The molecule has 0 fully saturated rings. The first-order chi connectivity index (χ1) is 11.1. The predicted molar refractivity (Wildman–Crippen MR) is 85.6 cm³/mol. The molecule has 23 heavy (non-hydrogen) atoms. The van der Waals surface area contributed by atoms with Crippen LogP contribution in [-0.4, -0.2) is 35.4 Å². The Balaban J connectivity index is 2.05. The van der Waals surface area contributed by atoms with E-state index in [4.69, 9.17) is 4.98 Å². The van der Waals surface area contributed by atoms with E-state index in [0.29, 0.717) is 5.82 Å². The SMILES string of the molecule is Cn1nccc1-c1c(-c2nn[nH]n2)cnc2c1CCCC2(C)C. The molecule has 0 atom stereocenters. The summed E-state index contributed by atoms with van der Waals surface area (Å²) >= 11 is 0. The lowest BCUT2D eigenvalue weighted by Gasteiger charge is -2.33. The van der Waals surface area contributed by atoms with Crippen LogP contribution >= 0.6 is 0 Å². The van der Waals surface area contributed by atoms with Crippen molar-refractivity contribution in [2.45, 2.75) is 38.5 Å². The van der Waals surface area contributed by atoms with Crippen molar-refractivity contribution in [3.05, 3.63) is 29.7 Å². The Labute approximate surface area is 134 Å². The van der Waals surface area contributed by atoms with E-state index in [1.54, 1.807) is 0 Å². The second-order valence-electron chi connectivity index (χ2n) is 6.69. The molecule has 0 bridgehead atoms. The monoisotopic (exact) mass is 309 g/mol. The summed E-state index contributed by atoms with van der Waals surface area (Å²) < 4.78 is 1.89. The smallest absolute Gasteiger partial charge is 0.206 e. The fourth-order valence-electron chi connectivity index (χ4n) is 3.56. The third kappa shape index (κ3) is 2.15. The number of H-pyrrole nitrogens is 1. The number of nitrogens with one attached hydrogen (secondary N) is 1. The van der Waals surface area contributed by atoms with E-state index in [9.17, 15) is 0 Å². The molecule has 0 radical (unpaired) electrons. The molecular formula is C16H19N7. The van der Waals surface area contributed by atoms with Gasteiger partial charge in [-0.25, -0.2) is 0 Å². The van der Waals surface area contributed by atoms with Crippen molar-refractivity contribution in [2.24, 2.45) is 7.05 Å². The molecule has 0 unspecified atom stereocenters. The second-order valence-corrected chi connectivity index (χ2v) is 6.69. The molecule has 7 heteroatoms. The normalized spacial score (nSPS) is 16.3. The lowest BCUT2D eigenvalue weighted by atomic mass is 9.74. The van der Waals surface area contributed by atoms with Crippen LogP contribution in [-0.2, 0) is 18.9 Å². The molecule has 4 rings (SSSR count). The highest BCUT2D eigenvalue weighted by atomic mass is 15.5. The third-order valence-corrected chi connectivity index (χ3v) is 4.71. The quantitative estimate of drug-likeness (QED) is 0.785. The summed E-state index contributed by atoms with van der Waals surface area (Å²) in [5, 5.41) is 18.9. The number of aromatic amines is 1. The Morgan fingerprint density at radius 1 is 1.30 bits per heavy atom. The summed E-state index contributed by atoms with van der Waals surface area (Å²) in [6.07, 6.45) is 7.01. The minimum Gasteiger partial charge on any atom is -0.268 e. The fourth-order valence-corrected chi connectivity index (χ4v) is 3.56.